The summed E-state index contributed by atoms with van der Waals surface area (Å²) in [5.74, 6) is -0.0953. The molecule has 1 aliphatic carbocycles. The Balaban J connectivity index is 1.42. The summed E-state index contributed by atoms with van der Waals surface area (Å²) in [5, 5.41) is 15.3. The Morgan fingerprint density at radius 2 is 1.96 bits per heavy atom. The van der Waals surface area contributed by atoms with Gasteiger partial charge in [0.15, 0.2) is 5.69 Å². The number of benzene rings is 1. The number of likely N-dealkylation sites (tertiary alicyclic amines) is 1. The van der Waals surface area contributed by atoms with Gasteiger partial charge in [0.05, 0.1) is 12.1 Å². The number of hydrogen-bond acceptors (Lipinski definition) is 5. The fourth-order valence-corrected chi connectivity index (χ4v) is 5.31. The van der Waals surface area contributed by atoms with Crippen LogP contribution in [0, 0.1) is 0 Å². The zero-order chi connectivity index (χ0) is 19.1. The maximum atomic E-state index is 12.6. The first-order valence-corrected chi connectivity index (χ1v) is 10.1. The SMILES string of the molecule is O=C(c1ccon1)N1CCC2(CC1)c1ccccc1[C@@H](N1CC=CCC1)[C@@H]2O. The van der Waals surface area contributed by atoms with Crippen LogP contribution in [0.2, 0.25) is 0 Å². The lowest BCUT2D eigenvalue weighted by atomic mass is 9.72. The minimum absolute atomic E-state index is 0.0268. The van der Waals surface area contributed by atoms with Gasteiger partial charge in [-0.3, -0.25) is 9.69 Å². The first kappa shape index (κ1) is 17.6. The number of hydrogen-bond donors (Lipinski definition) is 1. The van der Waals surface area contributed by atoms with Crippen LogP contribution >= 0.6 is 0 Å². The first-order chi connectivity index (χ1) is 13.7. The van der Waals surface area contributed by atoms with E-state index in [-0.39, 0.29) is 17.4 Å². The third kappa shape index (κ3) is 2.63. The maximum absolute atomic E-state index is 12.6. The fourth-order valence-electron chi connectivity index (χ4n) is 5.31. The van der Waals surface area contributed by atoms with Crippen molar-refractivity contribution in [3.63, 3.8) is 0 Å². The first-order valence-electron chi connectivity index (χ1n) is 10.1. The molecule has 1 aromatic heterocycles. The zero-order valence-electron chi connectivity index (χ0n) is 15.8. The van der Waals surface area contributed by atoms with Crippen LogP contribution in [0.15, 0.2) is 53.3 Å². The zero-order valence-corrected chi connectivity index (χ0v) is 15.8. The largest absolute Gasteiger partial charge is 0.390 e. The van der Waals surface area contributed by atoms with Crippen molar-refractivity contribution in [2.45, 2.75) is 36.8 Å². The van der Waals surface area contributed by atoms with E-state index in [1.54, 1.807) is 6.07 Å². The van der Waals surface area contributed by atoms with Crippen LogP contribution in [0.4, 0.5) is 0 Å². The Morgan fingerprint density at radius 3 is 2.68 bits per heavy atom. The third-order valence-corrected chi connectivity index (χ3v) is 6.76. The van der Waals surface area contributed by atoms with Crippen LogP contribution in [0.3, 0.4) is 0 Å². The summed E-state index contributed by atoms with van der Waals surface area (Å²) < 4.78 is 4.82. The summed E-state index contributed by atoms with van der Waals surface area (Å²) in [5.41, 5.74) is 2.57. The smallest absolute Gasteiger partial charge is 0.276 e. The van der Waals surface area contributed by atoms with E-state index in [0.29, 0.717) is 18.8 Å². The molecule has 0 bridgehead atoms. The average molecular weight is 379 g/mol. The molecular weight excluding hydrogens is 354 g/mol. The number of fused-ring (bicyclic) bond motifs is 2. The normalized spacial score (nSPS) is 26.5. The lowest BCUT2D eigenvalue weighted by Crippen LogP contribution is -2.51. The van der Waals surface area contributed by atoms with Crippen LogP contribution in [-0.2, 0) is 5.41 Å². The van der Waals surface area contributed by atoms with Crippen molar-refractivity contribution >= 4 is 5.91 Å². The van der Waals surface area contributed by atoms with Gasteiger partial charge >= 0.3 is 0 Å². The van der Waals surface area contributed by atoms with Crippen LogP contribution in [-0.4, -0.2) is 58.3 Å². The molecule has 6 nitrogen and oxygen atoms in total. The molecule has 28 heavy (non-hydrogen) atoms. The molecule has 2 atom stereocenters. The molecular formula is C22H25N3O3. The van der Waals surface area contributed by atoms with Crippen molar-refractivity contribution < 1.29 is 14.4 Å². The molecule has 1 aromatic carbocycles. The highest BCUT2D eigenvalue weighted by atomic mass is 16.5. The molecule has 3 heterocycles. The molecule has 0 unspecified atom stereocenters. The number of aliphatic hydroxyl groups is 1. The molecule has 3 aliphatic rings. The predicted molar refractivity (Wildman–Crippen MR) is 104 cm³/mol. The predicted octanol–water partition coefficient (Wildman–Crippen LogP) is 2.53. The molecule has 2 aromatic rings. The van der Waals surface area contributed by atoms with Crippen LogP contribution in [0.5, 0.6) is 0 Å². The van der Waals surface area contributed by atoms with Crippen molar-refractivity contribution in [1.82, 2.24) is 15.0 Å². The standard InChI is InChI=1S/C22H25N3O3/c26-20-19(24-11-4-1-5-12-24)16-6-2-3-7-17(16)22(20)9-13-25(14-10-22)21(27)18-8-15-28-23-18/h1-4,6-8,15,19-20,26H,5,9-14H2/t19-,20+/m1/s1. The van der Waals surface area contributed by atoms with Gasteiger partial charge in [0.25, 0.3) is 5.91 Å². The van der Waals surface area contributed by atoms with E-state index in [9.17, 15) is 9.90 Å². The van der Waals surface area contributed by atoms with Gasteiger partial charge in [-0.2, -0.15) is 0 Å². The van der Waals surface area contributed by atoms with E-state index in [0.717, 1.165) is 32.4 Å². The van der Waals surface area contributed by atoms with Gasteiger partial charge in [0, 0.05) is 37.7 Å². The fraction of sp³-hybridized carbons (Fsp3) is 0.455. The summed E-state index contributed by atoms with van der Waals surface area (Å²) in [6.45, 7) is 3.08. The molecule has 2 aliphatic heterocycles. The highest BCUT2D eigenvalue weighted by molar-refractivity contribution is 5.92. The Kier molecular flexibility index (Phi) is 4.33. The second-order valence-corrected chi connectivity index (χ2v) is 8.06. The molecule has 1 N–H and O–H groups in total. The summed E-state index contributed by atoms with van der Waals surface area (Å²) in [6.07, 6.45) is 7.92. The summed E-state index contributed by atoms with van der Waals surface area (Å²) >= 11 is 0. The number of aliphatic hydroxyl groups excluding tert-OH is 1. The highest BCUT2D eigenvalue weighted by Crippen LogP contribution is 2.53. The topological polar surface area (TPSA) is 69.8 Å². The molecule has 146 valence electrons. The second-order valence-electron chi connectivity index (χ2n) is 8.06. The van der Waals surface area contributed by atoms with Gasteiger partial charge < -0.3 is 14.5 Å². The van der Waals surface area contributed by atoms with Gasteiger partial charge in [0.1, 0.15) is 6.26 Å². The molecule has 1 spiro atoms. The van der Waals surface area contributed by atoms with E-state index in [1.165, 1.54) is 17.4 Å². The van der Waals surface area contributed by atoms with Crippen molar-refractivity contribution in [3.8, 4) is 0 Å². The Bertz CT molecular complexity index is 884. The van der Waals surface area contributed by atoms with Gasteiger partial charge in [-0.15, -0.1) is 0 Å². The third-order valence-electron chi connectivity index (χ3n) is 6.76. The number of nitrogens with zero attached hydrogens (tertiary/aromatic N) is 3. The number of rotatable bonds is 2. The number of aromatic nitrogens is 1. The highest BCUT2D eigenvalue weighted by Gasteiger charge is 2.54. The number of carbonyl (C=O) groups excluding carboxylic acids is 1. The van der Waals surface area contributed by atoms with Crippen molar-refractivity contribution in [1.29, 1.82) is 0 Å². The lowest BCUT2D eigenvalue weighted by Gasteiger charge is -2.44. The minimum atomic E-state index is -0.458. The molecule has 6 heteroatoms. The van der Waals surface area contributed by atoms with Crippen molar-refractivity contribution in [2.24, 2.45) is 0 Å². The number of carbonyl (C=O) groups is 1. The molecule has 1 amide bonds. The summed E-state index contributed by atoms with van der Waals surface area (Å²) in [6, 6.07) is 10.1. The van der Waals surface area contributed by atoms with Gasteiger partial charge in [-0.25, -0.2) is 0 Å². The van der Waals surface area contributed by atoms with Crippen molar-refractivity contribution in [2.75, 3.05) is 26.2 Å². The maximum Gasteiger partial charge on any atom is 0.276 e. The second kappa shape index (κ2) is 6.87. The average Bonchev–Trinajstić information content (AvgIpc) is 3.36. The molecule has 1 saturated heterocycles. The van der Waals surface area contributed by atoms with Gasteiger partial charge in [-0.05, 0) is 30.4 Å². The molecule has 1 fully saturated rings. The van der Waals surface area contributed by atoms with E-state index >= 15 is 0 Å². The molecule has 5 rings (SSSR count). The molecule has 0 radical (unpaired) electrons. The van der Waals surface area contributed by atoms with E-state index in [4.69, 9.17) is 4.52 Å². The van der Waals surface area contributed by atoms with Gasteiger partial charge in [0.2, 0.25) is 0 Å². The summed E-state index contributed by atoms with van der Waals surface area (Å²) in [4.78, 5) is 16.9. The van der Waals surface area contributed by atoms with E-state index < -0.39 is 6.10 Å². The van der Waals surface area contributed by atoms with Crippen LogP contribution in [0.1, 0.15) is 46.9 Å². The Labute approximate surface area is 164 Å². The Hall–Kier alpha value is -2.44. The number of amides is 1. The van der Waals surface area contributed by atoms with Crippen LogP contribution < -0.4 is 0 Å². The van der Waals surface area contributed by atoms with E-state index in [2.05, 4.69) is 46.5 Å². The van der Waals surface area contributed by atoms with Crippen molar-refractivity contribution in [3.05, 3.63) is 65.6 Å². The van der Waals surface area contributed by atoms with E-state index in [1.807, 2.05) is 4.90 Å². The molecule has 0 saturated carbocycles. The number of piperidine rings is 1. The van der Waals surface area contributed by atoms with Gasteiger partial charge in [-0.1, -0.05) is 41.6 Å². The van der Waals surface area contributed by atoms with Crippen LogP contribution in [0.25, 0.3) is 0 Å². The Morgan fingerprint density at radius 1 is 1.14 bits per heavy atom. The minimum Gasteiger partial charge on any atom is -0.390 e. The quantitative estimate of drug-likeness (QED) is 0.812. The lowest BCUT2D eigenvalue weighted by molar-refractivity contribution is -0.0115. The monoisotopic (exact) mass is 379 g/mol. The summed E-state index contributed by atoms with van der Waals surface area (Å²) in [7, 11) is 0.